The van der Waals surface area contributed by atoms with Crippen LogP contribution in [0.4, 0.5) is 5.69 Å². The summed E-state index contributed by atoms with van der Waals surface area (Å²) in [5.74, 6) is -0.170. The van der Waals surface area contributed by atoms with E-state index in [9.17, 15) is 14.4 Å². The van der Waals surface area contributed by atoms with Gasteiger partial charge in [0, 0.05) is 39.2 Å². The number of hydrogen-bond donors (Lipinski definition) is 1. The van der Waals surface area contributed by atoms with Crippen molar-refractivity contribution >= 4 is 23.4 Å². The molecule has 2 aromatic carbocycles. The summed E-state index contributed by atoms with van der Waals surface area (Å²) in [5, 5.41) is 2.92. The van der Waals surface area contributed by atoms with Crippen LogP contribution >= 0.6 is 0 Å². The molecule has 2 aromatic rings. The van der Waals surface area contributed by atoms with Crippen molar-refractivity contribution in [2.45, 2.75) is 52.1 Å². The highest BCUT2D eigenvalue weighted by Gasteiger charge is 2.35. The number of nitrogens with zero attached hydrogens (tertiary/aromatic N) is 2. The van der Waals surface area contributed by atoms with Crippen molar-refractivity contribution in [2.24, 2.45) is 0 Å². The van der Waals surface area contributed by atoms with Crippen molar-refractivity contribution in [2.75, 3.05) is 19.4 Å². The first-order valence-electron chi connectivity index (χ1n) is 10.8. The maximum absolute atomic E-state index is 13.3. The minimum absolute atomic E-state index is 0.0218. The standard InChI is InChI=1S/C25H31N3O3/c1-5-8-23(29)26-21-12-11-19-14-22(25(31)27(3)4)28(16-20(19)13-21)24(30)15-18-10-7-6-9-17(18)2/h6-7,9-13,22H,5,8,14-16H2,1-4H3,(H,26,29)/t22-/m0/s1. The molecule has 31 heavy (non-hydrogen) atoms. The van der Waals surface area contributed by atoms with E-state index in [-0.39, 0.29) is 24.1 Å². The molecule has 0 fully saturated rings. The Labute approximate surface area is 184 Å². The van der Waals surface area contributed by atoms with Crippen LogP contribution in [0.15, 0.2) is 42.5 Å². The van der Waals surface area contributed by atoms with Crippen LogP contribution in [0, 0.1) is 6.92 Å². The van der Waals surface area contributed by atoms with Crippen LogP contribution < -0.4 is 5.32 Å². The number of carbonyl (C=O) groups is 3. The lowest BCUT2D eigenvalue weighted by molar-refractivity contribution is -0.145. The zero-order valence-corrected chi connectivity index (χ0v) is 18.8. The van der Waals surface area contributed by atoms with Gasteiger partial charge in [0.1, 0.15) is 6.04 Å². The van der Waals surface area contributed by atoms with Gasteiger partial charge in [-0.1, -0.05) is 37.3 Å². The summed E-state index contributed by atoms with van der Waals surface area (Å²) >= 11 is 0. The highest BCUT2D eigenvalue weighted by atomic mass is 16.2. The predicted octanol–water partition coefficient (Wildman–Crippen LogP) is 3.32. The zero-order valence-electron chi connectivity index (χ0n) is 18.8. The Kier molecular flexibility index (Phi) is 7.10. The van der Waals surface area contributed by atoms with E-state index < -0.39 is 6.04 Å². The molecule has 3 amide bonds. The molecule has 1 N–H and O–H groups in total. The molecule has 6 nitrogen and oxygen atoms in total. The van der Waals surface area contributed by atoms with Crippen molar-refractivity contribution in [3.05, 3.63) is 64.7 Å². The highest BCUT2D eigenvalue weighted by molar-refractivity contribution is 5.91. The molecule has 1 aliphatic rings. The number of hydrogen-bond acceptors (Lipinski definition) is 3. The van der Waals surface area contributed by atoms with Crippen LogP contribution in [0.3, 0.4) is 0 Å². The lowest BCUT2D eigenvalue weighted by atomic mass is 9.92. The SMILES string of the molecule is CCCC(=O)Nc1ccc2c(c1)CN(C(=O)Cc1ccccc1C)[C@H](C(=O)N(C)C)C2. The molecular formula is C25H31N3O3. The molecule has 0 saturated carbocycles. The first-order valence-corrected chi connectivity index (χ1v) is 10.8. The Balaban J connectivity index is 1.88. The molecule has 0 unspecified atom stereocenters. The summed E-state index contributed by atoms with van der Waals surface area (Å²) in [5.41, 5.74) is 4.75. The van der Waals surface area contributed by atoms with Gasteiger partial charge in [0.05, 0.1) is 6.42 Å². The second-order valence-corrected chi connectivity index (χ2v) is 8.36. The van der Waals surface area contributed by atoms with Gasteiger partial charge >= 0.3 is 0 Å². The van der Waals surface area contributed by atoms with E-state index in [1.807, 2.05) is 56.3 Å². The monoisotopic (exact) mass is 421 g/mol. The average Bonchev–Trinajstić information content (AvgIpc) is 2.73. The molecule has 1 atom stereocenters. The summed E-state index contributed by atoms with van der Waals surface area (Å²) in [7, 11) is 3.43. The number of anilines is 1. The number of benzene rings is 2. The molecule has 1 aliphatic heterocycles. The first kappa shape index (κ1) is 22.5. The van der Waals surface area contributed by atoms with Crippen molar-refractivity contribution < 1.29 is 14.4 Å². The minimum Gasteiger partial charge on any atom is -0.347 e. The number of fused-ring (bicyclic) bond motifs is 1. The van der Waals surface area contributed by atoms with E-state index in [1.165, 1.54) is 0 Å². The van der Waals surface area contributed by atoms with Crippen molar-refractivity contribution in [1.29, 1.82) is 0 Å². The van der Waals surface area contributed by atoms with E-state index >= 15 is 0 Å². The molecule has 0 aliphatic carbocycles. The van der Waals surface area contributed by atoms with Gasteiger partial charge in [-0.05, 0) is 47.7 Å². The number of nitrogens with one attached hydrogen (secondary N) is 1. The number of likely N-dealkylation sites (N-methyl/N-ethyl adjacent to an activating group) is 1. The van der Waals surface area contributed by atoms with Crippen molar-refractivity contribution in [1.82, 2.24) is 9.80 Å². The third-order valence-corrected chi connectivity index (χ3v) is 5.75. The smallest absolute Gasteiger partial charge is 0.245 e. The average molecular weight is 422 g/mol. The molecular weight excluding hydrogens is 390 g/mol. The first-order chi connectivity index (χ1) is 14.8. The van der Waals surface area contributed by atoms with E-state index in [2.05, 4.69) is 5.32 Å². The molecule has 164 valence electrons. The van der Waals surface area contributed by atoms with Gasteiger partial charge in [-0.3, -0.25) is 14.4 Å². The third-order valence-electron chi connectivity index (χ3n) is 5.75. The summed E-state index contributed by atoms with van der Waals surface area (Å²) < 4.78 is 0. The van der Waals surface area contributed by atoms with Gasteiger partial charge in [-0.25, -0.2) is 0 Å². The van der Waals surface area contributed by atoms with Crippen molar-refractivity contribution in [3.63, 3.8) is 0 Å². The molecule has 3 rings (SSSR count). The number of carbonyl (C=O) groups excluding carboxylic acids is 3. The van der Waals surface area contributed by atoms with Crippen LogP contribution in [-0.2, 0) is 33.8 Å². The highest BCUT2D eigenvalue weighted by Crippen LogP contribution is 2.28. The Hall–Kier alpha value is -3.15. The lowest BCUT2D eigenvalue weighted by Gasteiger charge is -2.37. The van der Waals surface area contributed by atoms with Crippen molar-refractivity contribution in [3.8, 4) is 0 Å². The van der Waals surface area contributed by atoms with Crippen LogP contribution in [0.1, 0.15) is 42.0 Å². The van der Waals surface area contributed by atoms with Gasteiger partial charge in [0.15, 0.2) is 0 Å². The largest absolute Gasteiger partial charge is 0.347 e. The Bertz CT molecular complexity index is 984. The van der Waals surface area contributed by atoms with Gasteiger partial charge in [0.25, 0.3) is 0 Å². The quantitative estimate of drug-likeness (QED) is 0.778. The van der Waals surface area contributed by atoms with Gasteiger partial charge in [-0.2, -0.15) is 0 Å². The Morgan fingerprint density at radius 3 is 2.52 bits per heavy atom. The molecule has 0 saturated heterocycles. The zero-order chi connectivity index (χ0) is 22.5. The number of amides is 3. The topological polar surface area (TPSA) is 69.7 Å². The molecule has 1 heterocycles. The fraction of sp³-hybridized carbons (Fsp3) is 0.400. The summed E-state index contributed by atoms with van der Waals surface area (Å²) in [6.07, 6.45) is 1.98. The molecule has 0 aromatic heterocycles. The van der Waals surface area contributed by atoms with Gasteiger partial charge < -0.3 is 15.1 Å². The van der Waals surface area contributed by atoms with Crippen LogP contribution in [-0.4, -0.2) is 47.7 Å². The van der Waals surface area contributed by atoms with Crippen LogP contribution in [0.5, 0.6) is 0 Å². The fourth-order valence-corrected chi connectivity index (χ4v) is 3.97. The predicted molar refractivity (Wildman–Crippen MR) is 122 cm³/mol. The number of rotatable bonds is 6. The molecule has 6 heteroatoms. The van der Waals surface area contributed by atoms with Gasteiger partial charge in [-0.15, -0.1) is 0 Å². The molecule has 0 radical (unpaired) electrons. The maximum atomic E-state index is 13.3. The van der Waals surface area contributed by atoms with E-state index in [1.54, 1.807) is 23.9 Å². The van der Waals surface area contributed by atoms with E-state index in [0.29, 0.717) is 19.4 Å². The summed E-state index contributed by atoms with van der Waals surface area (Å²) in [6.45, 7) is 4.30. The van der Waals surface area contributed by atoms with E-state index in [0.717, 1.165) is 34.4 Å². The van der Waals surface area contributed by atoms with Crippen LogP contribution in [0.2, 0.25) is 0 Å². The Morgan fingerprint density at radius 2 is 1.84 bits per heavy atom. The summed E-state index contributed by atoms with van der Waals surface area (Å²) in [4.78, 5) is 41.4. The second kappa shape index (κ2) is 9.77. The summed E-state index contributed by atoms with van der Waals surface area (Å²) in [6, 6.07) is 13.0. The van der Waals surface area contributed by atoms with Gasteiger partial charge in [0.2, 0.25) is 17.7 Å². The minimum atomic E-state index is -0.528. The maximum Gasteiger partial charge on any atom is 0.245 e. The third kappa shape index (κ3) is 5.32. The lowest BCUT2D eigenvalue weighted by Crippen LogP contribution is -2.52. The van der Waals surface area contributed by atoms with Crippen LogP contribution in [0.25, 0.3) is 0 Å². The second-order valence-electron chi connectivity index (χ2n) is 8.36. The fourth-order valence-electron chi connectivity index (χ4n) is 3.97. The normalized spacial score (nSPS) is 15.2. The Morgan fingerprint density at radius 1 is 1.10 bits per heavy atom. The molecule has 0 spiro atoms. The number of aryl methyl sites for hydroxylation is 1. The molecule has 0 bridgehead atoms. The van der Waals surface area contributed by atoms with E-state index in [4.69, 9.17) is 0 Å².